The van der Waals surface area contributed by atoms with E-state index in [1.807, 2.05) is 18.3 Å². The quantitative estimate of drug-likeness (QED) is 0.718. The molecule has 1 fully saturated rings. The number of pyridine rings is 1. The predicted octanol–water partition coefficient (Wildman–Crippen LogP) is 1.98. The van der Waals surface area contributed by atoms with Crippen molar-refractivity contribution in [2.24, 2.45) is 0 Å². The van der Waals surface area contributed by atoms with Crippen LogP contribution in [0.4, 0.5) is 5.82 Å². The van der Waals surface area contributed by atoms with E-state index < -0.39 is 0 Å². The highest BCUT2D eigenvalue weighted by Crippen LogP contribution is 2.26. The molecule has 3 aromatic heterocycles. The maximum atomic E-state index is 4.61. The molecule has 0 aliphatic carbocycles. The van der Waals surface area contributed by atoms with E-state index in [0.717, 1.165) is 30.8 Å². The lowest BCUT2D eigenvalue weighted by Crippen LogP contribution is -2.22. The summed E-state index contributed by atoms with van der Waals surface area (Å²) in [6, 6.07) is 4.42. The Morgan fingerprint density at radius 2 is 2.10 bits per heavy atom. The number of aromatic nitrogens is 5. The van der Waals surface area contributed by atoms with Crippen molar-refractivity contribution in [1.82, 2.24) is 24.7 Å². The molecular weight excluding hydrogens is 264 g/mol. The Hall–Kier alpha value is -2.50. The van der Waals surface area contributed by atoms with Gasteiger partial charge in [-0.2, -0.15) is 5.10 Å². The Bertz CT molecular complexity index is 780. The molecule has 106 valence electrons. The van der Waals surface area contributed by atoms with Gasteiger partial charge in [0.25, 0.3) is 0 Å². The Morgan fingerprint density at radius 1 is 1.19 bits per heavy atom. The van der Waals surface area contributed by atoms with Crippen LogP contribution in [0.1, 0.15) is 18.0 Å². The van der Waals surface area contributed by atoms with Crippen molar-refractivity contribution in [2.75, 3.05) is 18.0 Å². The zero-order valence-electron chi connectivity index (χ0n) is 11.8. The lowest BCUT2D eigenvalue weighted by atomic mass is 10.3. The standard InChI is InChI=1S/C15H16N6/c1-11-8-18-21(9-11)12-4-7-20(10-12)14-3-2-13-15(19-14)17-6-5-16-13/h2-3,5-6,8-9,12H,4,7,10H2,1H3. The highest BCUT2D eigenvalue weighted by molar-refractivity contribution is 5.71. The van der Waals surface area contributed by atoms with E-state index in [9.17, 15) is 0 Å². The van der Waals surface area contributed by atoms with Gasteiger partial charge in [-0.25, -0.2) is 9.97 Å². The molecule has 6 heteroatoms. The summed E-state index contributed by atoms with van der Waals surface area (Å²) in [5.74, 6) is 0.967. The number of fused-ring (bicyclic) bond motifs is 1. The van der Waals surface area contributed by atoms with Crippen LogP contribution in [-0.2, 0) is 0 Å². The zero-order chi connectivity index (χ0) is 14.2. The molecule has 1 aliphatic heterocycles. The molecule has 0 bridgehead atoms. The highest BCUT2D eigenvalue weighted by Gasteiger charge is 2.25. The van der Waals surface area contributed by atoms with Gasteiger partial charge in [-0.1, -0.05) is 0 Å². The molecule has 3 aromatic rings. The second-order valence-corrected chi connectivity index (χ2v) is 5.45. The van der Waals surface area contributed by atoms with Crippen LogP contribution in [0.2, 0.25) is 0 Å². The fourth-order valence-electron chi connectivity index (χ4n) is 2.82. The van der Waals surface area contributed by atoms with Crippen LogP contribution in [0.25, 0.3) is 11.2 Å². The lowest BCUT2D eigenvalue weighted by molar-refractivity contribution is 0.494. The summed E-state index contributed by atoms with van der Waals surface area (Å²) in [4.78, 5) is 15.4. The van der Waals surface area contributed by atoms with E-state index in [-0.39, 0.29) is 0 Å². The van der Waals surface area contributed by atoms with Crippen LogP contribution in [-0.4, -0.2) is 37.8 Å². The fourth-order valence-corrected chi connectivity index (χ4v) is 2.82. The largest absolute Gasteiger partial charge is 0.354 e. The number of anilines is 1. The van der Waals surface area contributed by atoms with Gasteiger partial charge in [-0.15, -0.1) is 0 Å². The van der Waals surface area contributed by atoms with Crippen LogP contribution >= 0.6 is 0 Å². The Kier molecular flexibility index (Phi) is 2.80. The first-order chi connectivity index (χ1) is 10.3. The summed E-state index contributed by atoms with van der Waals surface area (Å²) in [5, 5.41) is 4.42. The minimum Gasteiger partial charge on any atom is -0.354 e. The number of hydrogen-bond acceptors (Lipinski definition) is 5. The molecule has 1 unspecified atom stereocenters. The third-order valence-corrected chi connectivity index (χ3v) is 3.91. The first-order valence-electron chi connectivity index (χ1n) is 7.13. The summed E-state index contributed by atoms with van der Waals surface area (Å²) in [7, 11) is 0. The topological polar surface area (TPSA) is 59.7 Å². The minimum atomic E-state index is 0.415. The first kappa shape index (κ1) is 12.3. The molecule has 0 saturated carbocycles. The van der Waals surface area contributed by atoms with Crippen LogP contribution in [0.15, 0.2) is 36.9 Å². The zero-order valence-corrected chi connectivity index (χ0v) is 11.8. The molecular formula is C15H16N6. The van der Waals surface area contributed by atoms with Crippen molar-refractivity contribution >= 4 is 17.0 Å². The van der Waals surface area contributed by atoms with Crippen molar-refractivity contribution < 1.29 is 0 Å². The summed E-state index contributed by atoms with van der Waals surface area (Å²) in [6.45, 7) is 3.99. The van der Waals surface area contributed by atoms with E-state index in [1.165, 1.54) is 5.56 Å². The predicted molar refractivity (Wildman–Crippen MR) is 80.2 cm³/mol. The molecule has 1 saturated heterocycles. The summed E-state index contributed by atoms with van der Waals surface area (Å²) in [6.07, 6.45) is 8.47. The average molecular weight is 280 g/mol. The van der Waals surface area contributed by atoms with Gasteiger partial charge >= 0.3 is 0 Å². The molecule has 0 N–H and O–H groups in total. The fraction of sp³-hybridized carbons (Fsp3) is 0.333. The van der Waals surface area contributed by atoms with Gasteiger partial charge in [0.2, 0.25) is 0 Å². The molecule has 0 amide bonds. The SMILES string of the molecule is Cc1cnn(C2CCN(c3ccc4nccnc4n3)C2)c1. The van der Waals surface area contributed by atoms with Crippen molar-refractivity contribution in [3.8, 4) is 0 Å². The third kappa shape index (κ3) is 2.22. The number of nitrogens with zero attached hydrogens (tertiary/aromatic N) is 6. The van der Waals surface area contributed by atoms with Gasteiger partial charge < -0.3 is 4.90 Å². The van der Waals surface area contributed by atoms with Crippen molar-refractivity contribution in [3.63, 3.8) is 0 Å². The Morgan fingerprint density at radius 3 is 2.95 bits per heavy atom. The van der Waals surface area contributed by atoms with Gasteiger partial charge in [0.1, 0.15) is 11.3 Å². The molecule has 0 spiro atoms. The van der Waals surface area contributed by atoms with E-state index in [2.05, 4.69) is 42.8 Å². The van der Waals surface area contributed by atoms with Crippen molar-refractivity contribution in [2.45, 2.75) is 19.4 Å². The maximum absolute atomic E-state index is 4.61. The van der Waals surface area contributed by atoms with E-state index in [0.29, 0.717) is 11.7 Å². The maximum Gasteiger partial charge on any atom is 0.180 e. The minimum absolute atomic E-state index is 0.415. The van der Waals surface area contributed by atoms with Gasteiger partial charge in [-0.3, -0.25) is 9.67 Å². The van der Waals surface area contributed by atoms with Crippen LogP contribution in [0.5, 0.6) is 0 Å². The molecule has 4 rings (SSSR count). The van der Waals surface area contributed by atoms with Gasteiger partial charge in [0.05, 0.1) is 12.2 Å². The van der Waals surface area contributed by atoms with E-state index in [4.69, 9.17) is 0 Å². The van der Waals surface area contributed by atoms with Gasteiger partial charge in [0.15, 0.2) is 5.65 Å². The van der Waals surface area contributed by atoms with E-state index in [1.54, 1.807) is 12.4 Å². The van der Waals surface area contributed by atoms with Crippen LogP contribution in [0, 0.1) is 6.92 Å². The summed E-state index contributed by atoms with van der Waals surface area (Å²) < 4.78 is 2.07. The molecule has 0 aromatic carbocycles. The summed E-state index contributed by atoms with van der Waals surface area (Å²) >= 11 is 0. The van der Waals surface area contributed by atoms with Crippen molar-refractivity contribution in [1.29, 1.82) is 0 Å². The first-order valence-corrected chi connectivity index (χ1v) is 7.13. The second kappa shape index (κ2) is 4.80. The highest BCUT2D eigenvalue weighted by atomic mass is 15.3. The van der Waals surface area contributed by atoms with Crippen LogP contribution in [0.3, 0.4) is 0 Å². The van der Waals surface area contributed by atoms with Gasteiger partial charge in [-0.05, 0) is 31.0 Å². The molecule has 0 radical (unpaired) electrons. The normalized spacial score (nSPS) is 18.5. The number of aryl methyl sites for hydroxylation is 1. The number of rotatable bonds is 2. The Balaban J connectivity index is 1.59. The second-order valence-electron chi connectivity index (χ2n) is 5.45. The van der Waals surface area contributed by atoms with E-state index >= 15 is 0 Å². The monoisotopic (exact) mass is 280 g/mol. The van der Waals surface area contributed by atoms with Crippen molar-refractivity contribution in [3.05, 3.63) is 42.5 Å². The number of hydrogen-bond donors (Lipinski definition) is 0. The molecule has 1 atom stereocenters. The molecule has 6 nitrogen and oxygen atoms in total. The third-order valence-electron chi connectivity index (χ3n) is 3.91. The average Bonchev–Trinajstić information content (AvgIpc) is 3.15. The lowest BCUT2D eigenvalue weighted by Gasteiger charge is -2.17. The Labute approximate surface area is 122 Å². The molecule has 21 heavy (non-hydrogen) atoms. The van der Waals surface area contributed by atoms with Gasteiger partial charge in [0, 0.05) is 31.7 Å². The summed E-state index contributed by atoms with van der Waals surface area (Å²) in [5.41, 5.74) is 2.74. The molecule has 1 aliphatic rings. The smallest absolute Gasteiger partial charge is 0.180 e. The van der Waals surface area contributed by atoms with Crippen LogP contribution < -0.4 is 4.90 Å². The molecule has 4 heterocycles.